The summed E-state index contributed by atoms with van der Waals surface area (Å²) in [5.74, 6) is 0.605. The van der Waals surface area contributed by atoms with E-state index in [2.05, 4.69) is 25.7 Å². The van der Waals surface area contributed by atoms with E-state index in [1.54, 1.807) is 0 Å². The Morgan fingerprint density at radius 3 is 2.35 bits per heavy atom. The van der Waals surface area contributed by atoms with Crippen LogP contribution >= 0.6 is 0 Å². The molecule has 0 aromatic rings. The highest BCUT2D eigenvalue weighted by atomic mass is 16.4. The molecule has 0 bridgehead atoms. The molecule has 0 aromatic heterocycles. The lowest BCUT2D eigenvalue weighted by atomic mass is 9.71. The third-order valence-electron chi connectivity index (χ3n) is 5.45. The number of carboxylic acids is 1. The van der Waals surface area contributed by atoms with Gasteiger partial charge in [0.05, 0.1) is 0 Å². The van der Waals surface area contributed by atoms with Crippen LogP contribution in [0.4, 0.5) is 0 Å². The monoisotopic (exact) mass is 281 g/mol. The third kappa shape index (κ3) is 4.21. The van der Waals surface area contributed by atoms with E-state index in [0.29, 0.717) is 23.8 Å². The second-order valence-electron chi connectivity index (χ2n) is 7.97. The molecule has 3 nitrogen and oxygen atoms in total. The van der Waals surface area contributed by atoms with Crippen LogP contribution < -0.4 is 0 Å². The Balaban J connectivity index is 1.82. The summed E-state index contributed by atoms with van der Waals surface area (Å²) in [5, 5.41) is 8.97. The highest BCUT2D eigenvalue weighted by Gasteiger charge is 2.33. The van der Waals surface area contributed by atoms with Crippen molar-refractivity contribution < 1.29 is 9.90 Å². The quantitative estimate of drug-likeness (QED) is 0.856. The number of nitrogens with zero attached hydrogens (tertiary/aromatic N) is 1. The van der Waals surface area contributed by atoms with E-state index in [0.717, 1.165) is 18.9 Å². The Morgan fingerprint density at radius 1 is 1.15 bits per heavy atom. The Morgan fingerprint density at radius 2 is 1.80 bits per heavy atom. The van der Waals surface area contributed by atoms with Gasteiger partial charge in [-0.3, -0.25) is 4.79 Å². The van der Waals surface area contributed by atoms with Gasteiger partial charge in [-0.2, -0.15) is 0 Å². The predicted octanol–water partition coefficient (Wildman–Crippen LogP) is 3.78. The summed E-state index contributed by atoms with van der Waals surface area (Å²) in [4.78, 5) is 13.5. The van der Waals surface area contributed by atoms with E-state index < -0.39 is 5.97 Å². The minimum absolute atomic E-state index is 0.355. The van der Waals surface area contributed by atoms with Gasteiger partial charge in [-0.25, -0.2) is 0 Å². The van der Waals surface area contributed by atoms with Crippen LogP contribution in [0.3, 0.4) is 0 Å². The topological polar surface area (TPSA) is 40.5 Å². The molecule has 2 rings (SSSR count). The summed E-state index contributed by atoms with van der Waals surface area (Å²) in [6.45, 7) is 9.28. The molecule has 2 fully saturated rings. The minimum atomic E-state index is -0.631. The van der Waals surface area contributed by atoms with Gasteiger partial charge >= 0.3 is 5.97 Å². The van der Waals surface area contributed by atoms with Gasteiger partial charge in [0.25, 0.3) is 0 Å². The van der Waals surface area contributed by atoms with E-state index in [9.17, 15) is 4.79 Å². The highest BCUT2D eigenvalue weighted by molar-refractivity contribution is 5.67. The summed E-state index contributed by atoms with van der Waals surface area (Å²) >= 11 is 0. The van der Waals surface area contributed by atoms with Crippen LogP contribution in [0.5, 0.6) is 0 Å². The van der Waals surface area contributed by atoms with Crippen molar-refractivity contribution in [1.29, 1.82) is 0 Å². The smallest absolute Gasteiger partial charge is 0.303 e. The lowest BCUT2D eigenvalue weighted by Gasteiger charge is -2.43. The molecule has 116 valence electrons. The van der Waals surface area contributed by atoms with E-state index in [-0.39, 0.29) is 0 Å². The van der Waals surface area contributed by atoms with Gasteiger partial charge in [-0.15, -0.1) is 0 Å². The molecule has 0 spiro atoms. The van der Waals surface area contributed by atoms with Crippen LogP contribution in [-0.4, -0.2) is 35.1 Å². The number of aliphatic carboxylic acids is 1. The van der Waals surface area contributed by atoms with E-state index >= 15 is 0 Å². The lowest BCUT2D eigenvalue weighted by Crippen LogP contribution is -2.45. The van der Waals surface area contributed by atoms with Crippen molar-refractivity contribution in [3.63, 3.8) is 0 Å². The zero-order chi connectivity index (χ0) is 14.8. The fraction of sp³-hybridized carbons (Fsp3) is 0.941. The number of likely N-dealkylation sites (tertiary alicyclic amines) is 1. The molecule has 1 N–H and O–H groups in total. The molecule has 2 aliphatic rings. The van der Waals surface area contributed by atoms with Gasteiger partial charge < -0.3 is 10.0 Å². The Bertz CT molecular complexity index is 326. The number of hydrogen-bond donors (Lipinski definition) is 1. The molecule has 1 heterocycles. The van der Waals surface area contributed by atoms with Crippen LogP contribution in [-0.2, 0) is 4.79 Å². The van der Waals surface area contributed by atoms with Gasteiger partial charge in [0, 0.05) is 19.0 Å². The summed E-state index contributed by atoms with van der Waals surface area (Å²) < 4.78 is 0. The molecule has 20 heavy (non-hydrogen) atoms. The molecule has 0 radical (unpaired) electrons. The van der Waals surface area contributed by atoms with Crippen molar-refractivity contribution in [1.82, 2.24) is 4.90 Å². The number of hydrogen-bond acceptors (Lipinski definition) is 2. The number of carboxylic acid groups (broad SMARTS) is 1. The predicted molar refractivity (Wildman–Crippen MR) is 81.8 cm³/mol. The molecule has 0 amide bonds. The normalized spacial score (nSPS) is 33.0. The highest BCUT2D eigenvalue weighted by Crippen LogP contribution is 2.39. The fourth-order valence-corrected chi connectivity index (χ4v) is 4.15. The van der Waals surface area contributed by atoms with Crippen LogP contribution in [0.25, 0.3) is 0 Å². The Hall–Kier alpha value is -0.570. The number of carbonyl (C=O) groups is 1. The maximum Gasteiger partial charge on any atom is 0.303 e. The van der Waals surface area contributed by atoms with Crippen LogP contribution in [0, 0.1) is 17.3 Å². The summed E-state index contributed by atoms with van der Waals surface area (Å²) in [6, 6.07) is 0.713. The number of rotatable bonds is 3. The molecule has 0 aromatic carbocycles. The molecule has 1 aliphatic carbocycles. The molecule has 1 atom stereocenters. The molecule has 1 unspecified atom stereocenters. The maximum absolute atomic E-state index is 10.9. The molecule has 1 aliphatic heterocycles. The summed E-state index contributed by atoms with van der Waals surface area (Å²) in [7, 11) is 0. The van der Waals surface area contributed by atoms with Gasteiger partial charge in [0.15, 0.2) is 0 Å². The standard InChI is InChI=1S/C17H31NO2/c1-17(2,3)14-6-8-15(9-7-14)18-10-4-5-13(12-18)11-16(19)20/h13-15H,4-12H2,1-3H3,(H,19,20). The zero-order valence-electron chi connectivity index (χ0n) is 13.4. The largest absolute Gasteiger partial charge is 0.481 e. The molecule has 1 saturated carbocycles. The third-order valence-corrected chi connectivity index (χ3v) is 5.45. The zero-order valence-corrected chi connectivity index (χ0v) is 13.4. The number of piperidine rings is 1. The second kappa shape index (κ2) is 6.46. The second-order valence-corrected chi connectivity index (χ2v) is 7.97. The van der Waals surface area contributed by atoms with Crippen LogP contribution in [0.15, 0.2) is 0 Å². The first-order valence-corrected chi connectivity index (χ1v) is 8.32. The van der Waals surface area contributed by atoms with Crippen LogP contribution in [0.1, 0.15) is 65.7 Å². The maximum atomic E-state index is 10.9. The van der Waals surface area contributed by atoms with Crippen LogP contribution in [0.2, 0.25) is 0 Å². The van der Waals surface area contributed by atoms with Crippen molar-refractivity contribution in [3.05, 3.63) is 0 Å². The Labute approximate surface area is 123 Å². The van der Waals surface area contributed by atoms with Crippen molar-refractivity contribution in [2.45, 2.75) is 71.8 Å². The van der Waals surface area contributed by atoms with Crippen molar-refractivity contribution in [2.75, 3.05) is 13.1 Å². The van der Waals surface area contributed by atoms with Gasteiger partial charge in [0.1, 0.15) is 0 Å². The average Bonchev–Trinajstić information content (AvgIpc) is 2.37. The van der Waals surface area contributed by atoms with Gasteiger partial charge in [-0.05, 0) is 62.3 Å². The fourth-order valence-electron chi connectivity index (χ4n) is 4.15. The molecule has 3 heteroatoms. The first kappa shape index (κ1) is 15.8. The van der Waals surface area contributed by atoms with Crippen molar-refractivity contribution >= 4 is 5.97 Å². The van der Waals surface area contributed by atoms with Crippen molar-refractivity contribution in [3.8, 4) is 0 Å². The molecule has 1 saturated heterocycles. The van der Waals surface area contributed by atoms with Gasteiger partial charge in [-0.1, -0.05) is 20.8 Å². The van der Waals surface area contributed by atoms with Gasteiger partial charge in [0.2, 0.25) is 0 Å². The average molecular weight is 281 g/mol. The SMILES string of the molecule is CC(C)(C)C1CCC(N2CCCC(CC(=O)O)C2)CC1. The molecular weight excluding hydrogens is 250 g/mol. The summed E-state index contributed by atoms with van der Waals surface area (Å²) in [6.07, 6.45) is 7.93. The first-order valence-electron chi connectivity index (χ1n) is 8.32. The van der Waals surface area contributed by atoms with E-state index in [1.807, 2.05) is 0 Å². The first-order chi connectivity index (χ1) is 9.36. The Kier molecular flexibility index (Phi) is 5.11. The van der Waals surface area contributed by atoms with E-state index in [1.165, 1.54) is 38.6 Å². The summed E-state index contributed by atoms with van der Waals surface area (Å²) in [5.41, 5.74) is 0.443. The van der Waals surface area contributed by atoms with Crippen molar-refractivity contribution in [2.24, 2.45) is 17.3 Å². The minimum Gasteiger partial charge on any atom is -0.481 e. The molecular formula is C17H31NO2. The van der Waals surface area contributed by atoms with E-state index in [4.69, 9.17) is 5.11 Å². The lowest BCUT2D eigenvalue weighted by molar-refractivity contribution is -0.138.